The lowest BCUT2D eigenvalue weighted by atomic mass is 10.0. The number of aromatic nitrogens is 2. The van der Waals surface area contributed by atoms with Crippen LogP contribution in [0.2, 0.25) is 0 Å². The highest BCUT2D eigenvalue weighted by atomic mass is 19.1. The van der Waals surface area contributed by atoms with Gasteiger partial charge in [-0.05, 0) is 12.5 Å². The third-order valence-corrected chi connectivity index (χ3v) is 4.63. The van der Waals surface area contributed by atoms with Crippen LogP contribution in [0.25, 0.3) is 11.0 Å². The van der Waals surface area contributed by atoms with Gasteiger partial charge in [0.05, 0.1) is 29.9 Å². The second-order valence-corrected chi connectivity index (χ2v) is 6.45. The number of nitriles is 1. The van der Waals surface area contributed by atoms with E-state index in [4.69, 9.17) is 11.0 Å². The van der Waals surface area contributed by atoms with Crippen molar-refractivity contribution in [3.05, 3.63) is 24.0 Å². The lowest BCUT2D eigenvalue weighted by Crippen LogP contribution is -2.53. The molecule has 0 bridgehead atoms. The second kappa shape index (κ2) is 7.49. The summed E-state index contributed by atoms with van der Waals surface area (Å²) in [6, 6.07) is 2.66. The van der Waals surface area contributed by atoms with Crippen molar-refractivity contribution in [3.63, 3.8) is 0 Å². The highest BCUT2D eigenvalue weighted by molar-refractivity contribution is 6.06. The number of pyridine rings is 1. The molecule has 142 valence electrons. The summed E-state index contributed by atoms with van der Waals surface area (Å²) in [7, 11) is 1.50. The Bertz CT molecular complexity index is 906. The largest absolute Gasteiger partial charge is 0.378 e. The fourth-order valence-electron chi connectivity index (χ4n) is 3.19. The lowest BCUT2D eigenvalue weighted by Gasteiger charge is -2.37. The summed E-state index contributed by atoms with van der Waals surface area (Å²) in [5.74, 6) is -0.658. The summed E-state index contributed by atoms with van der Waals surface area (Å²) in [5.41, 5.74) is 6.60. The van der Waals surface area contributed by atoms with Crippen molar-refractivity contribution in [1.82, 2.24) is 19.8 Å². The van der Waals surface area contributed by atoms with Crippen molar-refractivity contribution in [2.24, 2.45) is 5.73 Å². The number of carbonyl (C=O) groups is 2. The maximum Gasteiger partial charge on any atom is 0.320 e. The number of hydrogen-bond acceptors (Lipinski definition) is 5. The maximum absolute atomic E-state index is 14.8. The number of aromatic amines is 1. The number of anilines is 1. The Kier molecular flexibility index (Phi) is 5.12. The van der Waals surface area contributed by atoms with Gasteiger partial charge in [-0.25, -0.2) is 14.2 Å². The standard InChI is InChI=1S/C17H20FN7O2/c1-24(7-4-19)17(27)25-6-3-13(12(18)9-25)23-14-10-2-5-21-16(10)22-8-11(14)15(20)26/h2,5,8,12-13H,3,6-7,9H2,1H3,(H2,20,26)(H2,21,22,23)/t12-,13?/m0/s1. The number of amides is 3. The average Bonchev–Trinajstić information content (AvgIpc) is 3.12. The number of H-pyrrole nitrogens is 1. The Balaban J connectivity index is 1.77. The van der Waals surface area contributed by atoms with E-state index >= 15 is 0 Å². The van der Waals surface area contributed by atoms with Crippen LogP contribution in [-0.4, -0.2) is 70.6 Å². The summed E-state index contributed by atoms with van der Waals surface area (Å²) in [6.07, 6.45) is 2.03. The molecule has 0 aromatic carbocycles. The predicted molar refractivity (Wildman–Crippen MR) is 96.7 cm³/mol. The molecule has 1 aliphatic rings. The molecule has 3 rings (SSSR count). The van der Waals surface area contributed by atoms with Gasteiger partial charge in [0.15, 0.2) is 0 Å². The number of alkyl halides is 1. The predicted octanol–water partition coefficient (Wildman–Crippen LogP) is 1.06. The molecule has 2 atom stereocenters. The van der Waals surface area contributed by atoms with Gasteiger partial charge in [-0.15, -0.1) is 0 Å². The van der Waals surface area contributed by atoms with Crippen molar-refractivity contribution in [2.45, 2.75) is 18.6 Å². The first kappa shape index (κ1) is 18.4. The quantitative estimate of drug-likeness (QED) is 0.690. The molecule has 3 heterocycles. The number of piperidine rings is 1. The van der Waals surface area contributed by atoms with E-state index < -0.39 is 18.1 Å². The van der Waals surface area contributed by atoms with Crippen molar-refractivity contribution in [2.75, 3.05) is 32.0 Å². The minimum atomic E-state index is -1.35. The molecule has 3 amide bonds. The van der Waals surface area contributed by atoms with Gasteiger partial charge in [-0.1, -0.05) is 0 Å². The number of rotatable bonds is 4. The molecule has 0 radical (unpaired) electrons. The summed E-state index contributed by atoms with van der Waals surface area (Å²) in [4.78, 5) is 33.7. The highest BCUT2D eigenvalue weighted by Gasteiger charge is 2.33. The number of likely N-dealkylation sites (tertiary alicyclic amines) is 1. The zero-order chi connectivity index (χ0) is 19.6. The van der Waals surface area contributed by atoms with Gasteiger partial charge in [-0.2, -0.15) is 5.26 Å². The third-order valence-electron chi connectivity index (χ3n) is 4.63. The van der Waals surface area contributed by atoms with Crippen LogP contribution in [0.4, 0.5) is 14.9 Å². The Morgan fingerprint density at radius 3 is 3.04 bits per heavy atom. The smallest absolute Gasteiger partial charge is 0.320 e. The van der Waals surface area contributed by atoms with Crippen LogP contribution in [0.1, 0.15) is 16.8 Å². The Morgan fingerprint density at radius 1 is 1.59 bits per heavy atom. The first-order valence-corrected chi connectivity index (χ1v) is 8.46. The fraction of sp³-hybridized carbons (Fsp3) is 0.412. The zero-order valence-corrected chi connectivity index (χ0v) is 14.8. The summed E-state index contributed by atoms with van der Waals surface area (Å²) >= 11 is 0. The molecule has 27 heavy (non-hydrogen) atoms. The number of nitrogens with two attached hydrogens (primary N) is 1. The molecular weight excluding hydrogens is 353 g/mol. The molecule has 0 spiro atoms. The SMILES string of the molecule is CN(CC#N)C(=O)N1CCC(Nc2c(C(N)=O)cnc3[nH]ccc23)[C@@H](F)C1. The third kappa shape index (κ3) is 3.62. The first-order chi connectivity index (χ1) is 12.9. The number of halogens is 1. The minimum absolute atomic E-state index is 0.0571. The van der Waals surface area contributed by atoms with Crippen molar-refractivity contribution in [1.29, 1.82) is 5.26 Å². The monoisotopic (exact) mass is 373 g/mol. The van der Waals surface area contributed by atoms with E-state index in [-0.39, 0.29) is 24.7 Å². The number of urea groups is 1. The Morgan fingerprint density at radius 2 is 2.37 bits per heavy atom. The van der Waals surface area contributed by atoms with E-state index in [1.54, 1.807) is 12.3 Å². The summed E-state index contributed by atoms with van der Waals surface area (Å²) in [6.45, 7) is 0.178. The van der Waals surface area contributed by atoms with E-state index in [1.165, 1.54) is 23.0 Å². The number of carbonyl (C=O) groups excluding carboxylic acids is 2. The van der Waals surface area contributed by atoms with Crippen molar-refractivity contribution in [3.8, 4) is 6.07 Å². The fourth-order valence-corrected chi connectivity index (χ4v) is 3.19. The molecular formula is C17H20FN7O2. The number of fused-ring (bicyclic) bond motifs is 1. The normalized spacial score (nSPS) is 19.5. The minimum Gasteiger partial charge on any atom is -0.378 e. The van der Waals surface area contributed by atoms with Crippen LogP contribution < -0.4 is 11.1 Å². The number of hydrogen-bond donors (Lipinski definition) is 3. The second-order valence-electron chi connectivity index (χ2n) is 6.45. The number of nitrogens with zero attached hydrogens (tertiary/aromatic N) is 4. The maximum atomic E-state index is 14.8. The van der Waals surface area contributed by atoms with Gasteiger partial charge < -0.3 is 25.8 Å². The van der Waals surface area contributed by atoms with Crippen molar-refractivity contribution >= 4 is 28.7 Å². The molecule has 1 fully saturated rings. The van der Waals surface area contributed by atoms with Gasteiger partial charge in [0.25, 0.3) is 5.91 Å². The van der Waals surface area contributed by atoms with E-state index in [0.29, 0.717) is 29.7 Å². The lowest BCUT2D eigenvalue weighted by molar-refractivity contribution is 0.100. The van der Waals surface area contributed by atoms with Gasteiger partial charge in [-0.3, -0.25) is 4.79 Å². The van der Waals surface area contributed by atoms with Crippen LogP contribution in [0, 0.1) is 11.3 Å². The first-order valence-electron chi connectivity index (χ1n) is 8.46. The van der Waals surface area contributed by atoms with Crippen LogP contribution in [0.3, 0.4) is 0 Å². The van der Waals surface area contributed by atoms with E-state index in [2.05, 4.69) is 15.3 Å². The van der Waals surface area contributed by atoms with Gasteiger partial charge >= 0.3 is 6.03 Å². The molecule has 1 aliphatic heterocycles. The Labute approximate surface area is 154 Å². The van der Waals surface area contributed by atoms with E-state index in [0.717, 1.165) is 0 Å². The molecule has 1 saturated heterocycles. The Hall–Kier alpha value is -3.35. The molecule has 2 aromatic rings. The number of primary amides is 1. The van der Waals surface area contributed by atoms with E-state index in [1.807, 2.05) is 6.07 Å². The molecule has 0 aliphatic carbocycles. The summed E-state index contributed by atoms with van der Waals surface area (Å²) < 4.78 is 14.8. The molecule has 9 nitrogen and oxygen atoms in total. The summed E-state index contributed by atoms with van der Waals surface area (Å²) in [5, 5.41) is 12.4. The van der Waals surface area contributed by atoms with Crippen LogP contribution in [-0.2, 0) is 0 Å². The number of nitrogens with one attached hydrogen (secondary N) is 2. The van der Waals surface area contributed by atoms with Crippen molar-refractivity contribution < 1.29 is 14.0 Å². The molecule has 0 saturated carbocycles. The molecule has 2 aromatic heterocycles. The van der Waals surface area contributed by atoms with Crippen LogP contribution in [0.5, 0.6) is 0 Å². The molecule has 10 heteroatoms. The van der Waals surface area contributed by atoms with Gasteiger partial charge in [0.2, 0.25) is 0 Å². The van der Waals surface area contributed by atoms with E-state index in [9.17, 15) is 14.0 Å². The zero-order valence-electron chi connectivity index (χ0n) is 14.8. The molecule has 1 unspecified atom stereocenters. The van der Waals surface area contributed by atoms with Gasteiger partial charge in [0, 0.05) is 31.4 Å². The highest BCUT2D eigenvalue weighted by Crippen LogP contribution is 2.28. The van der Waals surface area contributed by atoms with Gasteiger partial charge in [0.1, 0.15) is 18.4 Å². The van der Waals surface area contributed by atoms with Crippen LogP contribution >= 0.6 is 0 Å². The topological polar surface area (TPSA) is 131 Å². The average molecular weight is 373 g/mol. The van der Waals surface area contributed by atoms with Crippen LogP contribution in [0.15, 0.2) is 18.5 Å². The molecule has 4 N–H and O–H groups in total.